The Morgan fingerprint density at radius 3 is 2.60 bits per heavy atom. The zero-order valence-corrected chi connectivity index (χ0v) is 11.7. The minimum absolute atomic E-state index is 0.340. The Bertz CT molecular complexity index is 189. The van der Waals surface area contributed by atoms with E-state index in [1.165, 1.54) is 18.1 Å². The van der Waals surface area contributed by atoms with Crippen LogP contribution in [0.3, 0.4) is 0 Å². The van der Waals surface area contributed by atoms with Gasteiger partial charge in [0.05, 0.1) is 0 Å². The van der Waals surface area contributed by atoms with Gasteiger partial charge in [-0.1, -0.05) is 27.7 Å². The first-order chi connectivity index (χ1) is 6.96. The summed E-state index contributed by atoms with van der Waals surface area (Å²) >= 11 is 2.10. The topological polar surface area (TPSA) is 15.3 Å². The monoisotopic (exact) mass is 230 g/mol. The summed E-state index contributed by atoms with van der Waals surface area (Å²) < 4.78 is 0. The lowest BCUT2D eigenvalue weighted by Crippen LogP contribution is -2.57. The molecule has 1 heterocycles. The van der Waals surface area contributed by atoms with Crippen molar-refractivity contribution in [2.24, 2.45) is 5.41 Å². The van der Waals surface area contributed by atoms with Crippen LogP contribution < -0.4 is 5.32 Å². The van der Waals surface area contributed by atoms with E-state index >= 15 is 0 Å². The smallest absolute Gasteiger partial charge is 0.0342 e. The number of nitrogens with one attached hydrogen (secondary N) is 1. The van der Waals surface area contributed by atoms with Gasteiger partial charge >= 0.3 is 0 Å². The van der Waals surface area contributed by atoms with Crippen molar-refractivity contribution in [3.05, 3.63) is 0 Å². The van der Waals surface area contributed by atoms with Gasteiger partial charge in [0.15, 0.2) is 0 Å². The summed E-state index contributed by atoms with van der Waals surface area (Å²) in [5.41, 5.74) is 0.340. The highest BCUT2D eigenvalue weighted by Crippen LogP contribution is 2.28. The molecule has 2 atom stereocenters. The summed E-state index contributed by atoms with van der Waals surface area (Å²) in [4.78, 5) is 2.52. The SMILES string of the molecule is CCNC(C1CSCCN1C)C(C)(C)C. The lowest BCUT2D eigenvalue weighted by Gasteiger charge is -2.44. The van der Waals surface area contributed by atoms with Gasteiger partial charge in [0.1, 0.15) is 0 Å². The van der Waals surface area contributed by atoms with E-state index in [2.05, 4.69) is 56.7 Å². The Morgan fingerprint density at radius 1 is 1.47 bits per heavy atom. The molecule has 1 N–H and O–H groups in total. The summed E-state index contributed by atoms with van der Waals surface area (Å²) in [6, 6.07) is 1.28. The van der Waals surface area contributed by atoms with Crippen LogP contribution in [-0.4, -0.2) is 48.6 Å². The van der Waals surface area contributed by atoms with E-state index in [1.54, 1.807) is 0 Å². The number of hydrogen-bond donors (Lipinski definition) is 1. The highest BCUT2D eigenvalue weighted by atomic mass is 32.2. The molecule has 0 radical (unpaired) electrons. The highest BCUT2D eigenvalue weighted by molar-refractivity contribution is 7.99. The molecule has 0 spiro atoms. The molecule has 1 saturated heterocycles. The molecule has 90 valence electrons. The second-order valence-electron chi connectivity index (χ2n) is 5.52. The third kappa shape index (κ3) is 3.65. The molecule has 0 aliphatic carbocycles. The maximum Gasteiger partial charge on any atom is 0.0342 e. The molecular formula is C12H26N2S. The average Bonchev–Trinajstić information content (AvgIpc) is 2.14. The van der Waals surface area contributed by atoms with Gasteiger partial charge in [0.25, 0.3) is 0 Å². The Labute approximate surface area is 99.2 Å². The van der Waals surface area contributed by atoms with Gasteiger partial charge in [-0.25, -0.2) is 0 Å². The van der Waals surface area contributed by atoms with E-state index in [-0.39, 0.29) is 0 Å². The fraction of sp³-hybridized carbons (Fsp3) is 1.00. The zero-order valence-electron chi connectivity index (χ0n) is 10.8. The molecule has 2 nitrogen and oxygen atoms in total. The minimum Gasteiger partial charge on any atom is -0.312 e. The predicted octanol–water partition coefficient (Wildman–Crippen LogP) is 2.06. The second kappa shape index (κ2) is 5.55. The first-order valence-corrected chi connectivity index (χ1v) is 7.13. The minimum atomic E-state index is 0.340. The molecular weight excluding hydrogens is 204 g/mol. The van der Waals surface area contributed by atoms with Gasteiger partial charge in [0, 0.05) is 30.1 Å². The van der Waals surface area contributed by atoms with Crippen LogP contribution in [0.5, 0.6) is 0 Å². The Balaban J connectivity index is 2.69. The van der Waals surface area contributed by atoms with E-state index in [1.807, 2.05) is 0 Å². The Hall–Kier alpha value is 0.270. The lowest BCUT2D eigenvalue weighted by molar-refractivity contribution is 0.139. The normalized spacial score (nSPS) is 26.6. The largest absolute Gasteiger partial charge is 0.312 e. The van der Waals surface area contributed by atoms with Crippen molar-refractivity contribution in [3.63, 3.8) is 0 Å². The molecule has 0 aromatic heterocycles. The molecule has 0 aromatic carbocycles. The molecule has 1 rings (SSSR count). The first kappa shape index (κ1) is 13.3. The van der Waals surface area contributed by atoms with Crippen molar-refractivity contribution in [1.29, 1.82) is 0 Å². The van der Waals surface area contributed by atoms with Crippen molar-refractivity contribution < 1.29 is 0 Å². The highest BCUT2D eigenvalue weighted by Gasteiger charge is 2.35. The fourth-order valence-corrected chi connectivity index (χ4v) is 3.57. The number of thioether (sulfide) groups is 1. The quantitative estimate of drug-likeness (QED) is 0.799. The van der Waals surface area contributed by atoms with Crippen LogP contribution in [0.25, 0.3) is 0 Å². The van der Waals surface area contributed by atoms with Gasteiger partial charge in [-0.3, -0.25) is 0 Å². The maximum absolute atomic E-state index is 3.67. The molecule has 15 heavy (non-hydrogen) atoms. The summed E-state index contributed by atoms with van der Waals surface area (Å²) in [7, 11) is 2.26. The molecule has 0 bridgehead atoms. The van der Waals surface area contributed by atoms with E-state index in [0.29, 0.717) is 17.5 Å². The molecule has 0 saturated carbocycles. The molecule has 1 fully saturated rings. The van der Waals surface area contributed by atoms with Crippen molar-refractivity contribution in [2.45, 2.75) is 39.8 Å². The van der Waals surface area contributed by atoms with Crippen LogP contribution in [0.4, 0.5) is 0 Å². The second-order valence-corrected chi connectivity index (χ2v) is 6.67. The molecule has 1 aliphatic heterocycles. The van der Waals surface area contributed by atoms with E-state index in [9.17, 15) is 0 Å². The first-order valence-electron chi connectivity index (χ1n) is 5.98. The fourth-order valence-electron chi connectivity index (χ4n) is 2.30. The van der Waals surface area contributed by atoms with Gasteiger partial charge in [-0.15, -0.1) is 0 Å². The van der Waals surface area contributed by atoms with Crippen molar-refractivity contribution >= 4 is 11.8 Å². The van der Waals surface area contributed by atoms with Gasteiger partial charge < -0.3 is 10.2 Å². The van der Waals surface area contributed by atoms with Crippen LogP contribution in [0, 0.1) is 5.41 Å². The Morgan fingerprint density at radius 2 is 2.13 bits per heavy atom. The number of hydrogen-bond acceptors (Lipinski definition) is 3. The number of nitrogens with zero attached hydrogens (tertiary/aromatic N) is 1. The summed E-state index contributed by atoms with van der Waals surface area (Å²) in [5.74, 6) is 2.56. The third-order valence-corrected chi connectivity index (χ3v) is 4.23. The van der Waals surface area contributed by atoms with E-state index in [0.717, 1.165) is 6.54 Å². The standard InChI is InChI=1S/C12H26N2S/c1-6-13-11(12(2,3)4)10-9-15-8-7-14(10)5/h10-11,13H,6-9H2,1-5H3. The zero-order chi connectivity index (χ0) is 11.5. The molecule has 0 amide bonds. The van der Waals surface area contributed by atoms with E-state index < -0.39 is 0 Å². The maximum atomic E-state index is 3.67. The molecule has 3 heteroatoms. The summed E-state index contributed by atoms with van der Waals surface area (Å²) in [6.45, 7) is 11.5. The van der Waals surface area contributed by atoms with Crippen LogP contribution in [0.1, 0.15) is 27.7 Å². The van der Waals surface area contributed by atoms with Crippen LogP contribution in [-0.2, 0) is 0 Å². The molecule has 0 aromatic rings. The number of likely N-dealkylation sites (N-methyl/N-ethyl adjacent to an activating group) is 2. The van der Waals surface area contributed by atoms with Crippen molar-refractivity contribution in [1.82, 2.24) is 10.2 Å². The predicted molar refractivity (Wildman–Crippen MR) is 70.7 cm³/mol. The molecule has 1 aliphatic rings. The van der Waals surface area contributed by atoms with Crippen LogP contribution in [0.15, 0.2) is 0 Å². The van der Waals surface area contributed by atoms with Gasteiger partial charge in [0.2, 0.25) is 0 Å². The van der Waals surface area contributed by atoms with E-state index in [4.69, 9.17) is 0 Å². The van der Waals surface area contributed by atoms with Crippen molar-refractivity contribution in [2.75, 3.05) is 31.6 Å². The molecule has 2 unspecified atom stereocenters. The summed E-state index contributed by atoms with van der Waals surface area (Å²) in [5, 5.41) is 3.67. The van der Waals surface area contributed by atoms with Crippen LogP contribution >= 0.6 is 11.8 Å². The summed E-state index contributed by atoms with van der Waals surface area (Å²) in [6.07, 6.45) is 0. The average molecular weight is 230 g/mol. The Kier molecular flexibility index (Phi) is 4.94. The van der Waals surface area contributed by atoms with Crippen molar-refractivity contribution in [3.8, 4) is 0 Å². The third-order valence-electron chi connectivity index (χ3n) is 3.18. The van der Waals surface area contributed by atoms with Crippen LogP contribution in [0.2, 0.25) is 0 Å². The van der Waals surface area contributed by atoms with Gasteiger partial charge in [-0.05, 0) is 19.0 Å². The number of rotatable bonds is 3. The lowest BCUT2D eigenvalue weighted by atomic mass is 9.82. The van der Waals surface area contributed by atoms with Gasteiger partial charge in [-0.2, -0.15) is 11.8 Å².